The largest absolute Gasteiger partial charge is 0.353 e. The predicted molar refractivity (Wildman–Crippen MR) is 107 cm³/mol. The van der Waals surface area contributed by atoms with E-state index in [1.54, 1.807) is 18.2 Å². The van der Waals surface area contributed by atoms with Gasteiger partial charge in [0.15, 0.2) is 0 Å². The van der Waals surface area contributed by atoms with Crippen molar-refractivity contribution in [1.82, 2.24) is 15.1 Å². The van der Waals surface area contributed by atoms with Crippen LogP contribution < -0.4 is 10.9 Å². The maximum absolute atomic E-state index is 12.7. The molecule has 2 aromatic rings. The van der Waals surface area contributed by atoms with E-state index in [9.17, 15) is 9.59 Å². The lowest BCUT2D eigenvalue weighted by atomic mass is 9.84. The zero-order chi connectivity index (χ0) is 19.4. The van der Waals surface area contributed by atoms with Gasteiger partial charge in [-0.15, -0.1) is 0 Å². The van der Waals surface area contributed by atoms with Crippen LogP contribution in [-0.2, 0) is 29.6 Å². The maximum atomic E-state index is 12.7. The van der Waals surface area contributed by atoms with Crippen molar-refractivity contribution >= 4 is 17.5 Å². The van der Waals surface area contributed by atoms with Crippen molar-refractivity contribution in [3.8, 4) is 0 Å². The molecular weight excluding hydrogens is 362 g/mol. The molecule has 1 amide bonds. The molecule has 0 atom stereocenters. The summed E-state index contributed by atoms with van der Waals surface area (Å²) in [5.41, 5.74) is 2.23. The topological polar surface area (TPSA) is 64.0 Å². The minimum absolute atomic E-state index is 0.0902. The molecule has 144 valence electrons. The number of aryl methyl sites for hydroxylation is 2. The number of carbonyl (C=O) groups excluding carboxylic acids is 1. The summed E-state index contributed by atoms with van der Waals surface area (Å²) in [7, 11) is 0. The average molecular weight is 388 g/mol. The number of hydrogen-bond donors (Lipinski definition) is 1. The molecule has 27 heavy (non-hydrogen) atoms. The van der Waals surface area contributed by atoms with E-state index in [4.69, 9.17) is 11.6 Å². The van der Waals surface area contributed by atoms with E-state index in [2.05, 4.69) is 10.4 Å². The normalized spacial score (nSPS) is 14.3. The Kier molecular flexibility index (Phi) is 6.00. The lowest BCUT2D eigenvalue weighted by molar-refractivity contribution is -0.125. The van der Waals surface area contributed by atoms with Crippen molar-refractivity contribution in [3.63, 3.8) is 0 Å². The van der Waals surface area contributed by atoms with Crippen molar-refractivity contribution in [1.29, 1.82) is 0 Å². The van der Waals surface area contributed by atoms with Crippen LogP contribution in [0.1, 0.15) is 49.9 Å². The van der Waals surface area contributed by atoms with E-state index in [0.717, 1.165) is 42.5 Å². The molecule has 1 N–H and O–H groups in total. The Balaban J connectivity index is 1.64. The number of halogens is 1. The Morgan fingerprint density at radius 1 is 1.19 bits per heavy atom. The van der Waals surface area contributed by atoms with Crippen LogP contribution in [0.3, 0.4) is 0 Å². The van der Waals surface area contributed by atoms with Gasteiger partial charge in [0.1, 0.15) is 0 Å². The molecule has 0 aliphatic heterocycles. The minimum atomic E-state index is -0.684. The molecule has 0 bridgehead atoms. The fraction of sp³-hybridized carbons (Fsp3) is 0.476. The third-order valence-corrected chi connectivity index (χ3v) is 5.52. The molecule has 5 nitrogen and oxygen atoms in total. The van der Waals surface area contributed by atoms with Gasteiger partial charge in [-0.05, 0) is 62.8 Å². The predicted octanol–water partition coefficient (Wildman–Crippen LogP) is 3.26. The SMILES string of the molecule is CC(C)(C(=O)NCCn1nc2c(cc1=O)CCCCC2)c1ccc(Cl)cc1. The highest BCUT2D eigenvalue weighted by molar-refractivity contribution is 6.30. The van der Waals surface area contributed by atoms with Crippen molar-refractivity contribution in [2.45, 2.75) is 57.9 Å². The number of nitrogens with zero attached hydrogens (tertiary/aromatic N) is 2. The third-order valence-electron chi connectivity index (χ3n) is 5.27. The molecule has 0 saturated carbocycles. The van der Waals surface area contributed by atoms with Crippen LogP contribution in [0.5, 0.6) is 0 Å². The van der Waals surface area contributed by atoms with Crippen molar-refractivity contribution in [2.75, 3.05) is 6.54 Å². The van der Waals surface area contributed by atoms with Crippen LogP contribution in [-0.4, -0.2) is 22.2 Å². The number of benzene rings is 1. The van der Waals surface area contributed by atoms with Gasteiger partial charge in [0, 0.05) is 17.6 Å². The summed E-state index contributed by atoms with van der Waals surface area (Å²) < 4.78 is 1.47. The van der Waals surface area contributed by atoms with E-state index < -0.39 is 5.41 Å². The molecular formula is C21H26ClN3O2. The van der Waals surface area contributed by atoms with Crippen molar-refractivity contribution < 1.29 is 4.79 Å². The monoisotopic (exact) mass is 387 g/mol. The van der Waals surface area contributed by atoms with Gasteiger partial charge in [-0.25, -0.2) is 4.68 Å². The molecule has 0 spiro atoms. The van der Waals surface area contributed by atoms with Crippen LogP contribution >= 0.6 is 11.6 Å². The van der Waals surface area contributed by atoms with Gasteiger partial charge in [-0.3, -0.25) is 9.59 Å². The van der Waals surface area contributed by atoms with Gasteiger partial charge < -0.3 is 5.32 Å². The number of fused-ring (bicyclic) bond motifs is 1. The van der Waals surface area contributed by atoms with Gasteiger partial charge in [0.05, 0.1) is 17.7 Å². The smallest absolute Gasteiger partial charge is 0.267 e. The molecule has 1 aliphatic rings. The Bertz CT molecular complexity index is 872. The average Bonchev–Trinajstić information content (AvgIpc) is 2.87. The number of aromatic nitrogens is 2. The summed E-state index contributed by atoms with van der Waals surface area (Å²) >= 11 is 5.93. The van der Waals surface area contributed by atoms with E-state index in [1.165, 1.54) is 11.1 Å². The van der Waals surface area contributed by atoms with E-state index >= 15 is 0 Å². The number of carbonyl (C=O) groups is 1. The molecule has 1 aromatic heterocycles. The highest BCUT2D eigenvalue weighted by Gasteiger charge is 2.29. The second-order valence-electron chi connectivity index (χ2n) is 7.63. The zero-order valence-electron chi connectivity index (χ0n) is 15.9. The minimum Gasteiger partial charge on any atom is -0.353 e. The van der Waals surface area contributed by atoms with Crippen LogP contribution in [0.25, 0.3) is 0 Å². The third kappa shape index (κ3) is 4.59. The summed E-state index contributed by atoms with van der Waals surface area (Å²) in [6, 6.07) is 9.00. The summed E-state index contributed by atoms with van der Waals surface area (Å²) in [4.78, 5) is 25.0. The molecule has 1 heterocycles. The highest BCUT2D eigenvalue weighted by Crippen LogP contribution is 2.24. The number of hydrogen-bond acceptors (Lipinski definition) is 3. The Hall–Kier alpha value is -2.14. The second kappa shape index (κ2) is 8.26. The lowest BCUT2D eigenvalue weighted by Crippen LogP contribution is -2.42. The van der Waals surface area contributed by atoms with E-state index in [0.29, 0.717) is 18.1 Å². The van der Waals surface area contributed by atoms with E-state index in [1.807, 2.05) is 26.0 Å². The molecule has 1 aromatic carbocycles. The van der Waals surface area contributed by atoms with Crippen LogP contribution in [0.15, 0.2) is 35.1 Å². The summed E-state index contributed by atoms with van der Waals surface area (Å²) in [6.07, 6.45) is 5.27. The Morgan fingerprint density at radius 3 is 2.63 bits per heavy atom. The van der Waals surface area contributed by atoms with Gasteiger partial charge in [0.25, 0.3) is 5.56 Å². The number of amides is 1. The molecule has 0 fully saturated rings. The molecule has 1 aliphatic carbocycles. The van der Waals surface area contributed by atoms with Crippen molar-refractivity contribution in [2.24, 2.45) is 0 Å². The quantitative estimate of drug-likeness (QED) is 0.801. The van der Waals surface area contributed by atoms with Gasteiger partial charge in [0.2, 0.25) is 5.91 Å². The standard InChI is InChI=1S/C21H26ClN3O2/c1-21(2,16-8-10-17(22)11-9-16)20(27)23-12-13-25-19(26)14-15-6-4-3-5-7-18(15)24-25/h8-11,14H,3-7,12-13H2,1-2H3,(H,23,27). The zero-order valence-corrected chi connectivity index (χ0v) is 16.7. The lowest BCUT2D eigenvalue weighted by Gasteiger charge is -2.24. The first-order valence-corrected chi connectivity index (χ1v) is 9.90. The molecule has 0 unspecified atom stereocenters. The number of nitrogens with one attached hydrogen (secondary N) is 1. The number of rotatable bonds is 5. The summed E-state index contributed by atoms with van der Waals surface area (Å²) in [5, 5.41) is 8.11. The molecule has 6 heteroatoms. The van der Waals surface area contributed by atoms with Crippen molar-refractivity contribution in [3.05, 3.63) is 62.5 Å². The van der Waals surface area contributed by atoms with Gasteiger partial charge >= 0.3 is 0 Å². The molecule has 3 rings (SSSR count). The molecule has 0 radical (unpaired) electrons. The van der Waals surface area contributed by atoms with Crippen LogP contribution in [0, 0.1) is 0 Å². The maximum Gasteiger partial charge on any atom is 0.267 e. The van der Waals surface area contributed by atoms with E-state index in [-0.39, 0.29) is 11.5 Å². The Labute approximate surface area is 164 Å². The fourth-order valence-corrected chi connectivity index (χ4v) is 3.56. The van der Waals surface area contributed by atoms with Crippen LogP contribution in [0.2, 0.25) is 5.02 Å². The molecule has 0 saturated heterocycles. The van der Waals surface area contributed by atoms with Crippen LogP contribution in [0.4, 0.5) is 0 Å². The first-order chi connectivity index (χ1) is 12.9. The second-order valence-corrected chi connectivity index (χ2v) is 8.06. The first kappa shape index (κ1) is 19.6. The Morgan fingerprint density at radius 2 is 1.89 bits per heavy atom. The summed E-state index contributed by atoms with van der Waals surface area (Å²) in [6.45, 7) is 4.48. The summed E-state index contributed by atoms with van der Waals surface area (Å²) in [5.74, 6) is -0.0902. The van der Waals surface area contributed by atoms with Gasteiger partial charge in [-0.2, -0.15) is 5.10 Å². The fourth-order valence-electron chi connectivity index (χ4n) is 3.43. The van der Waals surface area contributed by atoms with Gasteiger partial charge in [-0.1, -0.05) is 30.2 Å². The first-order valence-electron chi connectivity index (χ1n) is 9.52. The highest BCUT2D eigenvalue weighted by atomic mass is 35.5.